The van der Waals surface area contributed by atoms with Gasteiger partial charge >= 0.3 is 0 Å². The van der Waals surface area contributed by atoms with Crippen LogP contribution in [0.25, 0.3) is 0 Å². The topological polar surface area (TPSA) is 38.3 Å². The van der Waals surface area contributed by atoms with Gasteiger partial charge < -0.3 is 10.1 Å². The Morgan fingerprint density at radius 3 is 2.74 bits per heavy atom. The van der Waals surface area contributed by atoms with Crippen LogP contribution in [-0.4, -0.2) is 25.2 Å². The van der Waals surface area contributed by atoms with Crippen molar-refractivity contribution < 1.29 is 9.53 Å². The summed E-state index contributed by atoms with van der Waals surface area (Å²) in [5.41, 5.74) is 0.695. The fourth-order valence-electron chi connectivity index (χ4n) is 2.77. The lowest BCUT2D eigenvalue weighted by Crippen LogP contribution is -2.56. The smallest absolute Gasteiger partial charge is 0.231 e. The van der Waals surface area contributed by atoms with Crippen LogP contribution in [0.15, 0.2) is 28.7 Å². The molecule has 1 aromatic carbocycles. The highest BCUT2D eigenvalue weighted by atomic mass is 79.9. The summed E-state index contributed by atoms with van der Waals surface area (Å²) >= 11 is 3.49. The van der Waals surface area contributed by atoms with Crippen molar-refractivity contribution in [3.05, 3.63) is 34.3 Å². The molecule has 19 heavy (non-hydrogen) atoms. The zero-order valence-corrected chi connectivity index (χ0v) is 12.6. The Morgan fingerprint density at radius 1 is 1.42 bits per heavy atom. The van der Waals surface area contributed by atoms with Crippen LogP contribution >= 0.6 is 15.9 Å². The maximum absolute atomic E-state index is 12.6. The van der Waals surface area contributed by atoms with Gasteiger partial charge in [-0.25, -0.2) is 0 Å². The van der Waals surface area contributed by atoms with Crippen LogP contribution < -0.4 is 5.32 Å². The zero-order valence-electron chi connectivity index (χ0n) is 11.0. The third-order valence-corrected chi connectivity index (χ3v) is 4.70. The highest BCUT2D eigenvalue weighted by Gasteiger charge is 2.52. The van der Waals surface area contributed by atoms with Gasteiger partial charge in [-0.05, 0) is 43.4 Å². The first kappa shape index (κ1) is 13.1. The summed E-state index contributed by atoms with van der Waals surface area (Å²) in [6, 6.07) is 8.48. The zero-order chi connectivity index (χ0) is 13.5. The van der Waals surface area contributed by atoms with Crippen molar-refractivity contribution in [2.24, 2.45) is 0 Å². The summed E-state index contributed by atoms with van der Waals surface area (Å²) in [4.78, 5) is 12.6. The molecular weight excluding hydrogens is 306 g/mol. The molecule has 2 aliphatic rings. The summed E-state index contributed by atoms with van der Waals surface area (Å²) in [5.74, 6) is 0.168. The monoisotopic (exact) mass is 323 g/mol. The van der Waals surface area contributed by atoms with Gasteiger partial charge in [-0.15, -0.1) is 0 Å². The minimum Gasteiger partial charge on any atom is -0.381 e. The van der Waals surface area contributed by atoms with Crippen LogP contribution in [0.4, 0.5) is 0 Å². The molecule has 102 valence electrons. The van der Waals surface area contributed by atoms with Crippen molar-refractivity contribution >= 4 is 21.8 Å². The third kappa shape index (κ3) is 2.43. The van der Waals surface area contributed by atoms with E-state index in [9.17, 15) is 4.79 Å². The molecule has 0 bridgehead atoms. The van der Waals surface area contributed by atoms with E-state index < -0.39 is 5.41 Å². The first-order chi connectivity index (χ1) is 9.14. The molecule has 1 N–H and O–H groups in total. The highest BCUT2D eigenvalue weighted by molar-refractivity contribution is 9.10. The maximum atomic E-state index is 12.6. The molecular formula is C15H18BrNO2. The SMILES string of the molecule is COC1CC(C(=O)NC2CC2)(c2cccc(Br)c2)C1. The molecule has 1 aromatic rings. The van der Waals surface area contributed by atoms with Gasteiger partial charge in [0.2, 0.25) is 5.91 Å². The van der Waals surface area contributed by atoms with Crippen molar-refractivity contribution in [3.63, 3.8) is 0 Å². The average Bonchev–Trinajstić information content (AvgIpc) is 3.12. The van der Waals surface area contributed by atoms with E-state index in [1.807, 2.05) is 18.2 Å². The standard InChI is InChI=1S/C15H18BrNO2/c1-19-13-8-15(9-13,14(18)17-12-5-6-12)10-3-2-4-11(16)7-10/h2-4,7,12-13H,5-6,8-9H2,1H3,(H,17,18). The number of methoxy groups -OCH3 is 1. The third-order valence-electron chi connectivity index (χ3n) is 4.21. The number of amides is 1. The largest absolute Gasteiger partial charge is 0.381 e. The van der Waals surface area contributed by atoms with E-state index in [4.69, 9.17) is 4.74 Å². The molecule has 0 atom stereocenters. The Bertz CT molecular complexity index is 493. The van der Waals surface area contributed by atoms with Crippen molar-refractivity contribution in [2.75, 3.05) is 7.11 Å². The molecule has 2 fully saturated rings. The Kier molecular flexibility index (Phi) is 3.39. The number of hydrogen-bond acceptors (Lipinski definition) is 2. The van der Waals surface area contributed by atoms with E-state index >= 15 is 0 Å². The predicted molar refractivity (Wildman–Crippen MR) is 77.0 cm³/mol. The molecule has 1 amide bonds. The van der Waals surface area contributed by atoms with E-state index in [1.54, 1.807) is 7.11 Å². The van der Waals surface area contributed by atoms with Crippen LogP contribution in [0.2, 0.25) is 0 Å². The molecule has 0 aromatic heterocycles. The van der Waals surface area contributed by atoms with Crippen LogP contribution in [-0.2, 0) is 14.9 Å². The molecule has 0 heterocycles. The van der Waals surface area contributed by atoms with E-state index in [0.29, 0.717) is 6.04 Å². The molecule has 0 unspecified atom stereocenters. The summed E-state index contributed by atoms with van der Waals surface area (Å²) in [6.45, 7) is 0. The van der Waals surface area contributed by atoms with Gasteiger partial charge in [0.15, 0.2) is 0 Å². The van der Waals surface area contributed by atoms with Crippen LogP contribution in [0.3, 0.4) is 0 Å². The van der Waals surface area contributed by atoms with Gasteiger partial charge in [0.05, 0.1) is 11.5 Å². The summed E-state index contributed by atoms with van der Waals surface area (Å²) in [7, 11) is 1.72. The number of rotatable bonds is 4. The Morgan fingerprint density at radius 2 is 2.16 bits per heavy atom. The molecule has 0 saturated heterocycles. The van der Waals surface area contributed by atoms with Gasteiger partial charge in [0.25, 0.3) is 0 Å². The van der Waals surface area contributed by atoms with E-state index in [1.165, 1.54) is 0 Å². The normalized spacial score (nSPS) is 29.7. The number of halogens is 1. The molecule has 3 rings (SSSR count). The molecule has 2 saturated carbocycles. The number of benzene rings is 1. The van der Waals surface area contributed by atoms with Gasteiger partial charge in [0, 0.05) is 17.6 Å². The van der Waals surface area contributed by atoms with Crippen molar-refractivity contribution in [1.82, 2.24) is 5.32 Å². The first-order valence-electron chi connectivity index (χ1n) is 6.74. The predicted octanol–water partition coefficient (Wildman–Crippen LogP) is 2.77. The van der Waals surface area contributed by atoms with Gasteiger partial charge in [-0.2, -0.15) is 0 Å². The number of nitrogens with one attached hydrogen (secondary N) is 1. The molecule has 0 aliphatic heterocycles. The highest BCUT2D eigenvalue weighted by Crippen LogP contribution is 2.46. The maximum Gasteiger partial charge on any atom is 0.231 e. The lowest BCUT2D eigenvalue weighted by Gasteiger charge is -2.46. The Balaban J connectivity index is 1.86. The van der Waals surface area contributed by atoms with E-state index in [-0.39, 0.29) is 12.0 Å². The minimum atomic E-state index is -0.396. The number of ether oxygens (including phenoxy) is 1. The van der Waals surface area contributed by atoms with E-state index in [0.717, 1.165) is 35.7 Å². The second kappa shape index (κ2) is 4.91. The quantitative estimate of drug-likeness (QED) is 0.925. The van der Waals surface area contributed by atoms with Crippen LogP contribution in [0.5, 0.6) is 0 Å². The Labute approximate surface area is 121 Å². The van der Waals surface area contributed by atoms with Gasteiger partial charge in [0.1, 0.15) is 0 Å². The Hall–Kier alpha value is -0.870. The molecule has 2 aliphatic carbocycles. The van der Waals surface area contributed by atoms with E-state index in [2.05, 4.69) is 27.3 Å². The van der Waals surface area contributed by atoms with Crippen molar-refractivity contribution in [2.45, 2.75) is 43.2 Å². The minimum absolute atomic E-state index is 0.168. The lowest BCUT2D eigenvalue weighted by molar-refractivity contribution is -0.136. The fraction of sp³-hybridized carbons (Fsp3) is 0.533. The number of hydrogen-bond donors (Lipinski definition) is 1. The lowest BCUT2D eigenvalue weighted by atomic mass is 9.62. The number of carbonyl (C=O) groups is 1. The summed E-state index contributed by atoms with van der Waals surface area (Å²) in [6.07, 6.45) is 3.99. The van der Waals surface area contributed by atoms with Crippen LogP contribution in [0, 0.1) is 0 Å². The summed E-state index contributed by atoms with van der Waals surface area (Å²) in [5, 5.41) is 3.15. The van der Waals surface area contributed by atoms with Gasteiger partial charge in [-0.3, -0.25) is 4.79 Å². The molecule has 0 radical (unpaired) electrons. The molecule has 0 spiro atoms. The summed E-state index contributed by atoms with van der Waals surface area (Å²) < 4.78 is 6.39. The van der Waals surface area contributed by atoms with Gasteiger partial charge in [-0.1, -0.05) is 28.1 Å². The number of carbonyl (C=O) groups excluding carboxylic acids is 1. The van der Waals surface area contributed by atoms with Crippen molar-refractivity contribution in [3.8, 4) is 0 Å². The molecule has 4 heteroatoms. The average molecular weight is 324 g/mol. The second-order valence-electron chi connectivity index (χ2n) is 5.61. The molecule has 3 nitrogen and oxygen atoms in total. The second-order valence-corrected chi connectivity index (χ2v) is 6.52. The van der Waals surface area contributed by atoms with Crippen molar-refractivity contribution in [1.29, 1.82) is 0 Å². The van der Waals surface area contributed by atoms with Crippen LogP contribution in [0.1, 0.15) is 31.2 Å². The first-order valence-corrected chi connectivity index (χ1v) is 7.53. The fourth-order valence-corrected chi connectivity index (χ4v) is 3.17.